The molecule has 0 N–H and O–H groups in total. The van der Waals surface area contributed by atoms with Crippen LogP contribution in [0.25, 0.3) is 0 Å². The highest BCUT2D eigenvalue weighted by atomic mass is 79.9. The summed E-state index contributed by atoms with van der Waals surface area (Å²) in [6, 6.07) is 7.22. The van der Waals surface area contributed by atoms with Crippen molar-refractivity contribution in [1.82, 2.24) is 0 Å². The van der Waals surface area contributed by atoms with Crippen molar-refractivity contribution in [1.29, 1.82) is 0 Å². The number of rotatable bonds is 3. The maximum absolute atomic E-state index is 12.1. The third kappa shape index (κ3) is 2.18. The van der Waals surface area contributed by atoms with Crippen LogP contribution in [0.5, 0.6) is 5.75 Å². The Hall–Kier alpha value is -1.13. The molecular weight excluding hydrogens is 288 g/mol. The summed E-state index contributed by atoms with van der Waals surface area (Å²) in [5.74, 6) is 0.582. The van der Waals surface area contributed by atoms with Crippen molar-refractivity contribution in [3.8, 4) is 5.75 Å². The molecule has 1 aromatic carbocycles. The van der Waals surface area contributed by atoms with Gasteiger partial charge in [-0.05, 0) is 29.6 Å². The Morgan fingerprint density at radius 2 is 2.19 bits per heavy atom. The topological polar surface area (TPSA) is 26.3 Å². The minimum atomic E-state index is -0.0144. The van der Waals surface area contributed by atoms with Gasteiger partial charge in [-0.15, -0.1) is 0 Å². The monoisotopic (exact) mass is 296 g/mol. The van der Waals surface area contributed by atoms with E-state index in [9.17, 15) is 4.79 Å². The van der Waals surface area contributed by atoms with E-state index in [4.69, 9.17) is 4.74 Å². The van der Waals surface area contributed by atoms with Gasteiger partial charge in [-0.1, -0.05) is 15.9 Å². The second-order valence-electron chi connectivity index (χ2n) is 3.19. The Labute approximate surface area is 106 Å². The van der Waals surface area contributed by atoms with Crippen LogP contribution in [0.2, 0.25) is 0 Å². The number of ketones is 1. The van der Waals surface area contributed by atoms with Gasteiger partial charge in [0.25, 0.3) is 0 Å². The Morgan fingerprint density at radius 1 is 1.38 bits per heavy atom. The molecule has 0 bridgehead atoms. The third-order valence-corrected chi connectivity index (χ3v) is 3.37. The van der Waals surface area contributed by atoms with Crippen LogP contribution in [0.4, 0.5) is 0 Å². The first-order valence-corrected chi connectivity index (χ1v) is 6.36. The molecule has 1 heterocycles. The first kappa shape index (κ1) is 11.4. The van der Waals surface area contributed by atoms with E-state index in [2.05, 4.69) is 15.9 Å². The molecule has 0 spiro atoms. The van der Waals surface area contributed by atoms with Crippen molar-refractivity contribution in [3.63, 3.8) is 0 Å². The summed E-state index contributed by atoms with van der Waals surface area (Å²) in [4.78, 5) is 12.1. The molecule has 0 aliphatic heterocycles. The van der Waals surface area contributed by atoms with E-state index in [1.165, 1.54) is 11.3 Å². The smallest absolute Gasteiger partial charge is 0.197 e. The van der Waals surface area contributed by atoms with Crippen molar-refractivity contribution >= 4 is 33.0 Å². The lowest BCUT2D eigenvalue weighted by Crippen LogP contribution is -2.02. The van der Waals surface area contributed by atoms with Crippen LogP contribution in [0.1, 0.15) is 15.9 Å². The minimum absolute atomic E-state index is 0.0144. The number of carbonyl (C=O) groups is 1. The normalized spacial score (nSPS) is 10.1. The average molecular weight is 297 g/mol. The molecule has 0 fully saturated rings. The van der Waals surface area contributed by atoms with Gasteiger partial charge in [0.1, 0.15) is 5.75 Å². The minimum Gasteiger partial charge on any atom is -0.496 e. The summed E-state index contributed by atoms with van der Waals surface area (Å²) < 4.78 is 6.05. The zero-order chi connectivity index (χ0) is 11.5. The highest BCUT2D eigenvalue weighted by Gasteiger charge is 2.14. The second-order valence-corrected chi connectivity index (χ2v) is 4.88. The fourth-order valence-electron chi connectivity index (χ4n) is 1.41. The summed E-state index contributed by atoms with van der Waals surface area (Å²) in [5.41, 5.74) is 1.27. The van der Waals surface area contributed by atoms with E-state index in [0.29, 0.717) is 16.9 Å². The largest absolute Gasteiger partial charge is 0.496 e. The quantitative estimate of drug-likeness (QED) is 0.807. The maximum atomic E-state index is 12.1. The maximum Gasteiger partial charge on any atom is 0.197 e. The number of ether oxygens (including phenoxy) is 1. The lowest BCUT2D eigenvalue weighted by atomic mass is 10.1. The van der Waals surface area contributed by atoms with E-state index < -0.39 is 0 Å². The summed E-state index contributed by atoms with van der Waals surface area (Å²) in [7, 11) is 1.56. The fourth-order valence-corrected chi connectivity index (χ4v) is 2.40. The molecule has 0 aliphatic rings. The van der Waals surface area contributed by atoms with Gasteiger partial charge in [-0.25, -0.2) is 0 Å². The van der Waals surface area contributed by atoms with Crippen LogP contribution in [0, 0.1) is 0 Å². The van der Waals surface area contributed by atoms with Gasteiger partial charge in [0, 0.05) is 15.4 Å². The van der Waals surface area contributed by atoms with Crippen molar-refractivity contribution < 1.29 is 9.53 Å². The van der Waals surface area contributed by atoms with E-state index >= 15 is 0 Å². The van der Waals surface area contributed by atoms with Gasteiger partial charge in [0.2, 0.25) is 0 Å². The van der Waals surface area contributed by atoms with Gasteiger partial charge < -0.3 is 4.74 Å². The van der Waals surface area contributed by atoms with Crippen molar-refractivity contribution in [2.45, 2.75) is 0 Å². The molecule has 0 saturated carbocycles. The Balaban J connectivity index is 2.47. The second kappa shape index (κ2) is 4.80. The summed E-state index contributed by atoms with van der Waals surface area (Å²) in [6.45, 7) is 0. The van der Waals surface area contributed by atoms with Crippen LogP contribution in [-0.4, -0.2) is 12.9 Å². The molecule has 0 unspecified atom stereocenters. The molecule has 1 aromatic heterocycles. The fraction of sp³-hybridized carbons (Fsp3) is 0.0833. The predicted molar refractivity (Wildman–Crippen MR) is 68.4 cm³/mol. The van der Waals surface area contributed by atoms with Gasteiger partial charge in [0.05, 0.1) is 12.7 Å². The average Bonchev–Trinajstić information content (AvgIpc) is 2.81. The van der Waals surface area contributed by atoms with Crippen LogP contribution in [0.3, 0.4) is 0 Å². The molecule has 0 atom stereocenters. The molecule has 0 saturated heterocycles. The molecule has 0 amide bonds. The lowest BCUT2D eigenvalue weighted by molar-refractivity contribution is 0.103. The van der Waals surface area contributed by atoms with E-state index in [1.807, 2.05) is 22.9 Å². The van der Waals surface area contributed by atoms with E-state index in [1.54, 1.807) is 19.2 Å². The zero-order valence-electron chi connectivity index (χ0n) is 8.57. The van der Waals surface area contributed by atoms with Crippen LogP contribution in [0.15, 0.2) is 39.5 Å². The number of halogens is 1. The summed E-state index contributed by atoms with van der Waals surface area (Å²) >= 11 is 4.86. The molecule has 0 aliphatic carbocycles. The van der Waals surface area contributed by atoms with Gasteiger partial charge >= 0.3 is 0 Å². The molecule has 2 rings (SSSR count). The SMILES string of the molecule is COc1ccc(Br)cc1C(=O)c1ccsc1. The summed E-state index contributed by atoms with van der Waals surface area (Å²) in [5, 5.41) is 3.72. The number of methoxy groups -OCH3 is 1. The Kier molecular flexibility index (Phi) is 3.41. The highest BCUT2D eigenvalue weighted by molar-refractivity contribution is 9.10. The molecule has 4 heteroatoms. The van der Waals surface area contributed by atoms with Gasteiger partial charge in [-0.2, -0.15) is 11.3 Å². The van der Waals surface area contributed by atoms with Crippen LogP contribution in [-0.2, 0) is 0 Å². The lowest BCUT2D eigenvalue weighted by Gasteiger charge is -2.06. The predicted octanol–water partition coefficient (Wildman–Crippen LogP) is 3.75. The van der Waals surface area contributed by atoms with Gasteiger partial charge in [-0.3, -0.25) is 4.79 Å². The molecule has 16 heavy (non-hydrogen) atoms. The third-order valence-electron chi connectivity index (χ3n) is 2.19. The molecule has 0 radical (unpaired) electrons. The van der Waals surface area contributed by atoms with Crippen molar-refractivity contribution in [2.75, 3.05) is 7.11 Å². The van der Waals surface area contributed by atoms with E-state index in [-0.39, 0.29) is 5.78 Å². The standard InChI is InChI=1S/C12H9BrO2S/c1-15-11-3-2-9(13)6-10(11)12(14)8-4-5-16-7-8/h2-7H,1H3. The number of carbonyl (C=O) groups excluding carboxylic acids is 1. The van der Waals surface area contributed by atoms with Gasteiger partial charge in [0.15, 0.2) is 5.78 Å². The molecule has 82 valence electrons. The number of hydrogen-bond acceptors (Lipinski definition) is 3. The zero-order valence-corrected chi connectivity index (χ0v) is 11.0. The molecule has 2 nitrogen and oxygen atoms in total. The number of hydrogen-bond donors (Lipinski definition) is 0. The Morgan fingerprint density at radius 3 is 2.81 bits per heavy atom. The number of benzene rings is 1. The first-order valence-electron chi connectivity index (χ1n) is 4.63. The van der Waals surface area contributed by atoms with Crippen molar-refractivity contribution in [3.05, 3.63) is 50.6 Å². The van der Waals surface area contributed by atoms with E-state index in [0.717, 1.165) is 4.47 Å². The summed E-state index contributed by atoms with van der Waals surface area (Å²) in [6.07, 6.45) is 0. The molecule has 2 aromatic rings. The van der Waals surface area contributed by atoms with Crippen molar-refractivity contribution in [2.24, 2.45) is 0 Å². The van der Waals surface area contributed by atoms with Crippen LogP contribution >= 0.6 is 27.3 Å². The molecular formula is C12H9BrO2S. The number of thiophene rings is 1. The first-order chi connectivity index (χ1) is 7.72. The Bertz CT molecular complexity index is 506. The highest BCUT2D eigenvalue weighted by Crippen LogP contribution is 2.26. The van der Waals surface area contributed by atoms with Crippen LogP contribution < -0.4 is 4.74 Å².